The van der Waals surface area contributed by atoms with E-state index in [1.165, 1.54) is 12.0 Å². The molecule has 1 N–H and O–H groups in total. The molecule has 3 heteroatoms. The summed E-state index contributed by atoms with van der Waals surface area (Å²) in [5.74, 6) is 0. The van der Waals surface area contributed by atoms with E-state index in [4.69, 9.17) is 4.74 Å². The van der Waals surface area contributed by atoms with Crippen molar-refractivity contribution < 1.29 is 4.74 Å². The van der Waals surface area contributed by atoms with E-state index in [-0.39, 0.29) is 0 Å². The Kier molecular flexibility index (Phi) is 4.86. The predicted molar refractivity (Wildman–Crippen MR) is 57.9 cm³/mol. The number of hydrogen-bond acceptors (Lipinski definition) is 2. The van der Waals surface area contributed by atoms with Crippen molar-refractivity contribution >= 4 is 0 Å². The molecule has 0 aliphatic heterocycles. The molecule has 1 heterocycles. The highest BCUT2D eigenvalue weighted by atomic mass is 16.5. The van der Waals surface area contributed by atoms with Gasteiger partial charge in [-0.1, -0.05) is 6.58 Å². The number of hydrogen-bond donors (Lipinski definition) is 1. The summed E-state index contributed by atoms with van der Waals surface area (Å²) in [4.78, 5) is 0. The Labute approximate surface area is 85.4 Å². The number of aryl methyl sites for hydroxylation is 1. The summed E-state index contributed by atoms with van der Waals surface area (Å²) in [6, 6.07) is 4.17. The van der Waals surface area contributed by atoms with Crippen molar-refractivity contribution in [1.29, 1.82) is 0 Å². The monoisotopic (exact) mass is 194 g/mol. The van der Waals surface area contributed by atoms with Crippen molar-refractivity contribution in [3.63, 3.8) is 0 Å². The molecule has 0 saturated heterocycles. The maximum Gasteiger partial charge on any atom is 0.0885 e. The Morgan fingerprint density at radius 1 is 1.64 bits per heavy atom. The van der Waals surface area contributed by atoms with Gasteiger partial charge in [0.1, 0.15) is 0 Å². The maximum absolute atomic E-state index is 5.01. The van der Waals surface area contributed by atoms with Crippen LogP contribution in [0.15, 0.2) is 31.2 Å². The van der Waals surface area contributed by atoms with Gasteiger partial charge in [0.15, 0.2) is 0 Å². The van der Waals surface area contributed by atoms with E-state index in [1.807, 2.05) is 0 Å². The number of rotatable bonds is 7. The van der Waals surface area contributed by atoms with Gasteiger partial charge in [0, 0.05) is 25.5 Å². The van der Waals surface area contributed by atoms with E-state index in [2.05, 4.69) is 41.8 Å². The number of aromatic nitrogens is 1. The SMILES string of the molecule is C=COCCCNCc1cccn1C. The fourth-order valence-corrected chi connectivity index (χ4v) is 1.26. The van der Waals surface area contributed by atoms with Crippen molar-refractivity contribution in [3.8, 4) is 0 Å². The Balaban J connectivity index is 2.04. The molecule has 0 bridgehead atoms. The van der Waals surface area contributed by atoms with Crippen molar-refractivity contribution in [3.05, 3.63) is 36.9 Å². The quantitative estimate of drug-likeness (QED) is 0.528. The molecule has 0 radical (unpaired) electrons. The highest BCUT2D eigenvalue weighted by Gasteiger charge is 1.95. The molecule has 3 nitrogen and oxygen atoms in total. The first-order valence-electron chi connectivity index (χ1n) is 4.88. The summed E-state index contributed by atoms with van der Waals surface area (Å²) < 4.78 is 7.13. The molecule has 1 aromatic rings. The summed E-state index contributed by atoms with van der Waals surface area (Å²) in [6.07, 6.45) is 4.55. The van der Waals surface area contributed by atoms with Crippen LogP contribution in [0, 0.1) is 0 Å². The van der Waals surface area contributed by atoms with Crippen LogP contribution in [-0.4, -0.2) is 17.7 Å². The molecule has 0 aromatic carbocycles. The molecule has 0 amide bonds. The van der Waals surface area contributed by atoms with Gasteiger partial charge in [0.2, 0.25) is 0 Å². The van der Waals surface area contributed by atoms with Crippen molar-refractivity contribution in [2.45, 2.75) is 13.0 Å². The molecule has 1 aromatic heterocycles. The Morgan fingerprint density at radius 3 is 3.14 bits per heavy atom. The zero-order chi connectivity index (χ0) is 10.2. The van der Waals surface area contributed by atoms with Crippen LogP contribution in [0.3, 0.4) is 0 Å². The zero-order valence-corrected chi connectivity index (χ0v) is 8.70. The molecule has 0 unspecified atom stereocenters. The third kappa shape index (κ3) is 3.66. The van der Waals surface area contributed by atoms with Gasteiger partial charge in [-0.05, 0) is 25.1 Å². The van der Waals surface area contributed by atoms with Crippen LogP contribution in [0.25, 0.3) is 0 Å². The molecule has 0 aliphatic carbocycles. The largest absolute Gasteiger partial charge is 0.502 e. The summed E-state index contributed by atoms with van der Waals surface area (Å²) in [6.45, 7) is 6.11. The van der Waals surface area contributed by atoms with Gasteiger partial charge in [-0.2, -0.15) is 0 Å². The lowest BCUT2D eigenvalue weighted by Gasteiger charge is -2.05. The first kappa shape index (κ1) is 10.9. The minimum absolute atomic E-state index is 0.740. The third-order valence-corrected chi connectivity index (χ3v) is 2.09. The minimum Gasteiger partial charge on any atom is -0.502 e. The highest BCUT2D eigenvalue weighted by Crippen LogP contribution is 1.98. The van der Waals surface area contributed by atoms with Gasteiger partial charge >= 0.3 is 0 Å². The Morgan fingerprint density at radius 2 is 2.50 bits per heavy atom. The Bertz CT molecular complexity index is 268. The zero-order valence-electron chi connectivity index (χ0n) is 8.70. The summed E-state index contributed by atoms with van der Waals surface area (Å²) in [5, 5.41) is 3.35. The molecule has 0 spiro atoms. The normalized spacial score (nSPS) is 10.1. The van der Waals surface area contributed by atoms with Gasteiger partial charge in [-0.15, -0.1) is 0 Å². The Hall–Kier alpha value is -1.22. The lowest BCUT2D eigenvalue weighted by atomic mass is 10.4. The number of ether oxygens (including phenoxy) is 1. The van der Waals surface area contributed by atoms with Gasteiger partial charge < -0.3 is 14.6 Å². The molecular weight excluding hydrogens is 176 g/mol. The van der Waals surface area contributed by atoms with Crippen LogP contribution < -0.4 is 5.32 Å². The summed E-state index contributed by atoms with van der Waals surface area (Å²) in [5.41, 5.74) is 1.30. The van der Waals surface area contributed by atoms with E-state index in [0.717, 1.165) is 26.1 Å². The fraction of sp³-hybridized carbons (Fsp3) is 0.455. The average Bonchev–Trinajstić information content (AvgIpc) is 2.58. The smallest absolute Gasteiger partial charge is 0.0885 e. The van der Waals surface area contributed by atoms with Crippen LogP contribution in [0.5, 0.6) is 0 Å². The number of nitrogens with zero attached hydrogens (tertiary/aromatic N) is 1. The van der Waals surface area contributed by atoms with Crippen molar-refractivity contribution in [2.75, 3.05) is 13.2 Å². The molecule has 0 aliphatic rings. The molecule has 0 atom stereocenters. The standard InChI is InChI=1S/C11H18N2O/c1-3-14-9-5-7-12-10-11-6-4-8-13(11)2/h3-4,6,8,12H,1,5,7,9-10H2,2H3. The lowest BCUT2D eigenvalue weighted by Crippen LogP contribution is -2.17. The van der Waals surface area contributed by atoms with Crippen LogP contribution in [0.4, 0.5) is 0 Å². The first-order chi connectivity index (χ1) is 6.84. The van der Waals surface area contributed by atoms with E-state index in [0.29, 0.717) is 0 Å². The second kappa shape index (κ2) is 6.27. The highest BCUT2D eigenvalue weighted by molar-refractivity contribution is 5.05. The first-order valence-corrected chi connectivity index (χ1v) is 4.88. The van der Waals surface area contributed by atoms with Crippen LogP contribution >= 0.6 is 0 Å². The molecule has 0 saturated carbocycles. The molecular formula is C11H18N2O. The molecule has 0 fully saturated rings. The molecule has 1 rings (SSSR count). The van der Waals surface area contributed by atoms with E-state index in [1.54, 1.807) is 0 Å². The van der Waals surface area contributed by atoms with E-state index < -0.39 is 0 Å². The summed E-state index contributed by atoms with van der Waals surface area (Å²) in [7, 11) is 2.05. The van der Waals surface area contributed by atoms with Gasteiger partial charge in [-0.25, -0.2) is 0 Å². The van der Waals surface area contributed by atoms with Crippen LogP contribution in [0.1, 0.15) is 12.1 Å². The molecule has 14 heavy (non-hydrogen) atoms. The average molecular weight is 194 g/mol. The third-order valence-electron chi connectivity index (χ3n) is 2.09. The van der Waals surface area contributed by atoms with Crippen molar-refractivity contribution in [1.82, 2.24) is 9.88 Å². The summed E-state index contributed by atoms with van der Waals surface area (Å²) >= 11 is 0. The van der Waals surface area contributed by atoms with Gasteiger partial charge in [0.25, 0.3) is 0 Å². The van der Waals surface area contributed by atoms with E-state index in [9.17, 15) is 0 Å². The van der Waals surface area contributed by atoms with Crippen molar-refractivity contribution in [2.24, 2.45) is 7.05 Å². The van der Waals surface area contributed by atoms with Crippen LogP contribution in [0.2, 0.25) is 0 Å². The second-order valence-corrected chi connectivity index (χ2v) is 3.18. The minimum atomic E-state index is 0.740. The van der Waals surface area contributed by atoms with Gasteiger partial charge in [-0.3, -0.25) is 0 Å². The number of nitrogens with one attached hydrogen (secondary N) is 1. The van der Waals surface area contributed by atoms with Gasteiger partial charge in [0.05, 0.1) is 12.9 Å². The fourth-order valence-electron chi connectivity index (χ4n) is 1.26. The predicted octanol–water partition coefficient (Wildman–Crippen LogP) is 1.66. The van der Waals surface area contributed by atoms with Crippen LogP contribution in [-0.2, 0) is 18.3 Å². The topological polar surface area (TPSA) is 26.2 Å². The molecule has 78 valence electrons. The lowest BCUT2D eigenvalue weighted by molar-refractivity contribution is 0.244. The second-order valence-electron chi connectivity index (χ2n) is 3.18. The maximum atomic E-state index is 5.01. The van der Waals surface area contributed by atoms with E-state index >= 15 is 0 Å².